The van der Waals surface area contributed by atoms with Gasteiger partial charge in [0.15, 0.2) is 0 Å². The summed E-state index contributed by atoms with van der Waals surface area (Å²) in [5, 5.41) is 4.24. The molecule has 3 N–H and O–H groups in total. The summed E-state index contributed by atoms with van der Waals surface area (Å²) in [5.41, 5.74) is 6.64. The second-order valence-corrected chi connectivity index (χ2v) is 8.52. The highest BCUT2D eigenvalue weighted by Crippen LogP contribution is 2.23. The fourth-order valence-electron chi connectivity index (χ4n) is 1.82. The summed E-state index contributed by atoms with van der Waals surface area (Å²) in [7, 11) is -3.55. The normalized spacial score (nSPS) is 12.9. The maximum atomic E-state index is 12.4. The highest BCUT2D eigenvalue weighted by Gasteiger charge is 2.27. The van der Waals surface area contributed by atoms with Crippen molar-refractivity contribution in [3.8, 4) is 0 Å². The summed E-state index contributed by atoms with van der Waals surface area (Å²) < 4.78 is 29.1. The number of nitrogens with one attached hydrogen (secondary N) is 1. The molecule has 0 aromatic carbocycles. The summed E-state index contributed by atoms with van der Waals surface area (Å²) in [5.74, 6) is 0. The van der Waals surface area contributed by atoms with Crippen molar-refractivity contribution in [1.82, 2.24) is 14.5 Å². The number of hydrogen-bond donors (Lipinski definition) is 2. The van der Waals surface area contributed by atoms with Gasteiger partial charge < -0.3 is 5.73 Å². The van der Waals surface area contributed by atoms with E-state index in [0.717, 1.165) is 0 Å². The summed E-state index contributed by atoms with van der Waals surface area (Å²) in [6.07, 6.45) is 1.96. The Morgan fingerprint density at radius 1 is 1.40 bits per heavy atom. The van der Waals surface area contributed by atoms with Gasteiger partial charge in [0.2, 0.25) is 10.0 Å². The van der Waals surface area contributed by atoms with E-state index in [1.54, 1.807) is 30.3 Å². The lowest BCUT2D eigenvalue weighted by atomic mass is 10.2. The van der Waals surface area contributed by atoms with Crippen LogP contribution in [-0.2, 0) is 16.6 Å². The quantitative estimate of drug-likeness (QED) is 0.778. The Hall–Kier alpha value is -0.570. The van der Waals surface area contributed by atoms with E-state index in [1.807, 2.05) is 20.1 Å². The monoisotopic (exact) mass is 320 g/mol. The van der Waals surface area contributed by atoms with Crippen LogP contribution in [0.1, 0.15) is 25.2 Å². The molecule has 0 unspecified atom stereocenters. The Morgan fingerprint density at radius 2 is 2.00 bits per heavy atom. The van der Waals surface area contributed by atoms with Crippen molar-refractivity contribution in [3.05, 3.63) is 11.4 Å². The first-order valence-electron chi connectivity index (χ1n) is 6.43. The van der Waals surface area contributed by atoms with Crippen LogP contribution in [-0.4, -0.2) is 42.3 Å². The van der Waals surface area contributed by atoms with Crippen LogP contribution in [0.15, 0.2) is 4.90 Å². The molecule has 0 saturated carbocycles. The Balaban J connectivity index is 3.04. The number of hydrogen-bond acceptors (Lipinski definition) is 5. The number of sulfonamides is 1. The summed E-state index contributed by atoms with van der Waals surface area (Å²) >= 11 is 1.62. The lowest BCUT2D eigenvalue weighted by Gasteiger charge is -2.22. The van der Waals surface area contributed by atoms with E-state index < -0.39 is 10.0 Å². The Bertz CT molecular complexity index is 564. The summed E-state index contributed by atoms with van der Waals surface area (Å²) in [6, 6.07) is 0. The van der Waals surface area contributed by atoms with E-state index in [0.29, 0.717) is 31.0 Å². The van der Waals surface area contributed by atoms with Gasteiger partial charge in [-0.1, -0.05) is 0 Å². The van der Waals surface area contributed by atoms with Gasteiger partial charge in [-0.3, -0.25) is 4.68 Å². The van der Waals surface area contributed by atoms with Crippen LogP contribution < -0.4 is 10.5 Å². The van der Waals surface area contributed by atoms with Gasteiger partial charge in [0.25, 0.3) is 0 Å². The van der Waals surface area contributed by atoms with Gasteiger partial charge in [0.05, 0.1) is 17.9 Å². The van der Waals surface area contributed by atoms with E-state index in [2.05, 4.69) is 9.82 Å². The molecule has 0 amide bonds. The van der Waals surface area contributed by atoms with Gasteiger partial charge in [-0.2, -0.15) is 16.9 Å². The van der Waals surface area contributed by atoms with Crippen molar-refractivity contribution < 1.29 is 8.42 Å². The minimum atomic E-state index is -3.55. The first kappa shape index (κ1) is 17.5. The van der Waals surface area contributed by atoms with Crippen molar-refractivity contribution in [3.63, 3.8) is 0 Å². The van der Waals surface area contributed by atoms with Crippen LogP contribution >= 0.6 is 11.8 Å². The third kappa shape index (κ3) is 3.97. The Labute approximate surface area is 125 Å². The van der Waals surface area contributed by atoms with Crippen molar-refractivity contribution in [1.29, 1.82) is 0 Å². The molecular weight excluding hydrogens is 296 g/mol. The maximum Gasteiger partial charge on any atom is 0.244 e. The molecule has 8 heteroatoms. The molecule has 0 saturated heterocycles. The van der Waals surface area contributed by atoms with Gasteiger partial charge in [0, 0.05) is 17.8 Å². The minimum absolute atomic E-state index is 0.151. The standard InChI is InChI=1S/C12H24N4O2S2/c1-9-11(10(2)16(15-9)7-6-13)20(17,18)14-8-12(3,4)19-5/h14H,6-8,13H2,1-5H3. The first-order valence-corrected chi connectivity index (χ1v) is 9.14. The van der Waals surface area contributed by atoms with Gasteiger partial charge in [-0.25, -0.2) is 13.1 Å². The summed E-state index contributed by atoms with van der Waals surface area (Å²) in [4.78, 5) is 0.267. The molecule has 0 bridgehead atoms. The molecule has 0 fully saturated rings. The van der Waals surface area contributed by atoms with Gasteiger partial charge in [0.1, 0.15) is 4.90 Å². The number of aryl methyl sites for hydroxylation is 1. The number of nitrogens with two attached hydrogens (primary N) is 1. The smallest absolute Gasteiger partial charge is 0.244 e. The lowest BCUT2D eigenvalue weighted by molar-refractivity contribution is 0.567. The molecule has 1 aromatic heterocycles. The summed E-state index contributed by atoms with van der Waals surface area (Å²) in [6.45, 7) is 8.76. The fraction of sp³-hybridized carbons (Fsp3) is 0.750. The van der Waals surface area contributed by atoms with E-state index in [4.69, 9.17) is 5.73 Å². The van der Waals surface area contributed by atoms with Crippen molar-refractivity contribution >= 4 is 21.8 Å². The maximum absolute atomic E-state index is 12.4. The second-order valence-electron chi connectivity index (χ2n) is 5.30. The van der Waals surface area contributed by atoms with Crippen LogP contribution in [0.3, 0.4) is 0 Å². The third-order valence-corrected chi connectivity index (χ3v) is 6.07. The molecule has 116 valence electrons. The molecule has 0 aliphatic carbocycles. The van der Waals surface area contributed by atoms with E-state index in [-0.39, 0.29) is 9.64 Å². The molecule has 1 aromatic rings. The Kier molecular flexibility index (Phi) is 5.65. The average Bonchev–Trinajstić information content (AvgIpc) is 2.63. The SMILES string of the molecule is CSC(C)(C)CNS(=O)(=O)c1c(C)nn(CCN)c1C. The molecule has 1 rings (SSSR count). The molecular formula is C12H24N4O2S2. The van der Waals surface area contributed by atoms with Crippen LogP contribution in [0.4, 0.5) is 0 Å². The van der Waals surface area contributed by atoms with Crippen LogP contribution in [0.5, 0.6) is 0 Å². The lowest BCUT2D eigenvalue weighted by Crippen LogP contribution is -2.36. The van der Waals surface area contributed by atoms with Gasteiger partial charge >= 0.3 is 0 Å². The zero-order chi connectivity index (χ0) is 15.6. The topological polar surface area (TPSA) is 90.0 Å². The zero-order valence-electron chi connectivity index (χ0n) is 12.7. The molecule has 0 aliphatic rings. The highest BCUT2D eigenvalue weighted by molar-refractivity contribution is 8.00. The predicted octanol–water partition coefficient (Wildman–Crippen LogP) is 0.879. The highest BCUT2D eigenvalue weighted by atomic mass is 32.2. The number of thioether (sulfide) groups is 1. The number of rotatable bonds is 7. The van der Waals surface area contributed by atoms with Crippen LogP contribution in [0, 0.1) is 13.8 Å². The van der Waals surface area contributed by atoms with Crippen LogP contribution in [0.2, 0.25) is 0 Å². The van der Waals surface area contributed by atoms with Gasteiger partial charge in [-0.15, -0.1) is 0 Å². The van der Waals surface area contributed by atoms with Crippen molar-refractivity contribution in [2.75, 3.05) is 19.3 Å². The minimum Gasteiger partial charge on any atom is -0.329 e. The molecule has 0 atom stereocenters. The fourth-order valence-corrected chi connectivity index (χ4v) is 3.75. The van der Waals surface area contributed by atoms with Crippen molar-refractivity contribution in [2.45, 2.75) is 43.9 Å². The van der Waals surface area contributed by atoms with E-state index in [9.17, 15) is 8.42 Å². The average molecular weight is 320 g/mol. The van der Waals surface area contributed by atoms with E-state index in [1.165, 1.54) is 0 Å². The van der Waals surface area contributed by atoms with Crippen LogP contribution in [0.25, 0.3) is 0 Å². The molecule has 0 spiro atoms. The number of aromatic nitrogens is 2. The molecule has 0 aliphatic heterocycles. The molecule has 20 heavy (non-hydrogen) atoms. The largest absolute Gasteiger partial charge is 0.329 e. The van der Waals surface area contributed by atoms with E-state index >= 15 is 0 Å². The van der Waals surface area contributed by atoms with Crippen molar-refractivity contribution in [2.24, 2.45) is 5.73 Å². The first-order chi connectivity index (χ1) is 9.14. The number of nitrogens with zero attached hydrogens (tertiary/aromatic N) is 2. The predicted molar refractivity (Wildman–Crippen MR) is 83.5 cm³/mol. The second kappa shape index (κ2) is 6.46. The third-order valence-electron chi connectivity index (χ3n) is 3.17. The zero-order valence-corrected chi connectivity index (χ0v) is 14.4. The Morgan fingerprint density at radius 3 is 2.50 bits per heavy atom. The molecule has 6 nitrogen and oxygen atoms in total. The van der Waals surface area contributed by atoms with Gasteiger partial charge in [-0.05, 0) is 34.0 Å². The molecule has 0 radical (unpaired) electrons. The molecule has 1 heterocycles.